The van der Waals surface area contributed by atoms with E-state index in [1.807, 2.05) is 6.92 Å². The molecule has 2 aliphatic rings. The first-order chi connectivity index (χ1) is 14.3. The van der Waals surface area contributed by atoms with Gasteiger partial charge in [0.05, 0.1) is 11.0 Å². The first kappa shape index (κ1) is 21.3. The first-order valence-corrected chi connectivity index (χ1v) is 12.2. The number of H-pyrrole nitrogens is 1. The molecule has 0 radical (unpaired) electrons. The number of hydrogen-bond donors (Lipinski definition) is 2. The van der Waals surface area contributed by atoms with Crippen LogP contribution in [0, 0.1) is 18.8 Å². The molecular formula is C22H31N3O4S. The van der Waals surface area contributed by atoms with E-state index in [1.165, 1.54) is 0 Å². The molecule has 2 saturated heterocycles. The molecular weight excluding hydrogens is 402 g/mol. The normalized spacial score (nSPS) is 25.6. The van der Waals surface area contributed by atoms with E-state index in [0.717, 1.165) is 42.3 Å². The van der Waals surface area contributed by atoms with Crippen LogP contribution in [0.2, 0.25) is 0 Å². The van der Waals surface area contributed by atoms with Gasteiger partial charge in [-0.2, -0.15) is 4.31 Å². The van der Waals surface area contributed by atoms with Crippen molar-refractivity contribution >= 4 is 26.8 Å². The molecule has 0 saturated carbocycles. The number of carbonyl (C=O) groups excluding carboxylic acids is 1. The highest BCUT2D eigenvalue weighted by Crippen LogP contribution is 2.30. The number of amides is 1. The fourth-order valence-electron chi connectivity index (χ4n) is 4.74. The Balaban J connectivity index is 1.58. The number of hydrogen-bond acceptors (Lipinski definition) is 4. The lowest BCUT2D eigenvalue weighted by Crippen LogP contribution is -2.42. The molecule has 7 nitrogen and oxygen atoms in total. The Hall–Kier alpha value is -1.90. The zero-order chi connectivity index (χ0) is 21.5. The van der Waals surface area contributed by atoms with Crippen molar-refractivity contribution in [1.29, 1.82) is 0 Å². The van der Waals surface area contributed by atoms with E-state index in [1.54, 1.807) is 22.5 Å². The van der Waals surface area contributed by atoms with Crippen LogP contribution in [0.1, 0.15) is 49.2 Å². The van der Waals surface area contributed by atoms with Crippen molar-refractivity contribution in [2.45, 2.75) is 51.0 Å². The third-order valence-electron chi connectivity index (χ3n) is 6.24. The van der Waals surface area contributed by atoms with Crippen LogP contribution in [0.3, 0.4) is 0 Å². The lowest BCUT2D eigenvalue weighted by Gasteiger charge is -2.34. The molecule has 3 atom stereocenters. The van der Waals surface area contributed by atoms with Gasteiger partial charge in [-0.25, -0.2) is 8.42 Å². The molecule has 4 rings (SSSR count). The summed E-state index contributed by atoms with van der Waals surface area (Å²) in [4.78, 5) is 16.1. The monoisotopic (exact) mass is 433 g/mol. The van der Waals surface area contributed by atoms with Crippen molar-refractivity contribution in [3.63, 3.8) is 0 Å². The lowest BCUT2D eigenvalue weighted by atomic mass is 9.94. The number of aromatic amines is 1. The molecule has 2 N–H and O–H groups in total. The van der Waals surface area contributed by atoms with Crippen molar-refractivity contribution in [1.82, 2.24) is 14.6 Å². The Bertz CT molecular complexity index is 1030. The molecule has 30 heavy (non-hydrogen) atoms. The number of ether oxygens (including phenoxy) is 1. The minimum absolute atomic E-state index is 0.0738. The SMILES string of the molecule is Cc1c(C(=O)NCC2CCCO2)[nH]c2ccc(S(=O)(=O)N3CC(C)CC(C)C3)cc12. The second-order valence-electron chi connectivity index (χ2n) is 8.95. The molecule has 1 aromatic heterocycles. The van der Waals surface area contributed by atoms with E-state index in [0.29, 0.717) is 37.2 Å². The fraction of sp³-hybridized carbons (Fsp3) is 0.591. The maximum atomic E-state index is 13.2. The molecule has 1 aromatic carbocycles. The van der Waals surface area contributed by atoms with E-state index in [4.69, 9.17) is 4.74 Å². The van der Waals surface area contributed by atoms with Crippen LogP contribution < -0.4 is 5.32 Å². The van der Waals surface area contributed by atoms with E-state index in [-0.39, 0.29) is 16.9 Å². The smallest absolute Gasteiger partial charge is 0.268 e. The van der Waals surface area contributed by atoms with Crippen molar-refractivity contribution in [2.24, 2.45) is 11.8 Å². The zero-order valence-electron chi connectivity index (χ0n) is 17.9. The summed E-state index contributed by atoms with van der Waals surface area (Å²) in [5.41, 5.74) is 1.99. The van der Waals surface area contributed by atoms with E-state index in [2.05, 4.69) is 24.1 Å². The van der Waals surface area contributed by atoms with Crippen LogP contribution in [0.15, 0.2) is 23.1 Å². The number of rotatable bonds is 5. The summed E-state index contributed by atoms with van der Waals surface area (Å²) in [7, 11) is -3.57. The minimum atomic E-state index is -3.57. The Kier molecular flexibility index (Phi) is 5.92. The van der Waals surface area contributed by atoms with Crippen LogP contribution in [0.4, 0.5) is 0 Å². The average Bonchev–Trinajstić information content (AvgIpc) is 3.33. The Morgan fingerprint density at radius 1 is 1.27 bits per heavy atom. The molecule has 3 unspecified atom stereocenters. The molecule has 3 heterocycles. The second kappa shape index (κ2) is 8.32. The van der Waals surface area contributed by atoms with Gasteiger partial charge >= 0.3 is 0 Å². The summed E-state index contributed by atoms with van der Waals surface area (Å²) in [6, 6.07) is 5.08. The van der Waals surface area contributed by atoms with E-state index < -0.39 is 10.0 Å². The molecule has 164 valence electrons. The first-order valence-electron chi connectivity index (χ1n) is 10.8. The van der Waals surface area contributed by atoms with Gasteiger partial charge in [-0.1, -0.05) is 13.8 Å². The average molecular weight is 434 g/mol. The van der Waals surface area contributed by atoms with Gasteiger partial charge in [0.2, 0.25) is 10.0 Å². The summed E-state index contributed by atoms with van der Waals surface area (Å²) >= 11 is 0. The van der Waals surface area contributed by atoms with Crippen LogP contribution in [0.5, 0.6) is 0 Å². The van der Waals surface area contributed by atoms with Gasteiger partial charge < -0.3 is 15.0 Å². The highest BCUT2D eigenvalue weighted by Gasteiger charge is 2.32. The van der Waals surface area contributed by atoms with E-state index in [9.17, 15) is 13.2 Å². The Morgan fingerprint density at radius 3 is 2.67 bits per heavy atom. The predicted octanol–water partition coefficient (Wildman–Crippen LogP) is 3.05. The summed E-state index contributed by atoms with van der Waals surface area (Å²) in [5.74, 6) is 0.503. The van der Waals surface area contributed by atoms with Gasteiger partial charge in [0.25, 0.3) is 5.91 Å². The summed E-state index contributed by atoms with van der Waals surface area (Å²) in [6.45, 7) is 8.37. The Morgan fingerprint density at radius 2 is 2.00 bits per heavy atom. The minimum Gasteiger partial charge on any atom is -0.376 e. The quantitative estimate of drug-likeness (QED) is 0.758. The standard InChI is InChI=1S/C22H31N3O4S/c1-14-9-15(2)13-25(12-14)30(27,28)18-6-7-20-19(10-18)16(3)21(24-20)22(26)23-11-17-5-4-8-29-17/h6-7,10,14-15,17,24H,4-5,8-9,11-13H2,1-3H3,(H,23,26). The maximum absolute atomic E-state index is 13.2. The van der Waals surface area contributed by atoms with Gasteiger partial charge in [0, 0.05) is 37.1 Å². The number of piperidine rings is 1. The summed E-state index contributed by atoms with van der Waals surface area (Å²) < 4.78 is 33.7. The van der Waals surface area contributed by atoms with Gasteiger partial charge in [-0.05, 0) is 61.8 Å². The van der Waals surface area contributed by atoms with Crippen LogP contribution in [-0.4, -0.2) is 56.0 Å². The number of nitrogens with one attached hydrogen (secondary N) is 2. The van der Waals surface area contributed by atoms with Crippen molar-refractivity contribution in [2.75, 3.05) is 26.2 Å². The predicted molar refractivity (Wildman–Crippen MR) is 116 cm³/mol. The Labute approximate surface area is 178 Å². The van der Waals surface area contributed by atoms with Crippen molar-refractivity contribution in [3.05, 3.63) is 29.5 Å². The van der Waals surface area contributed by atoms with Gasteiger partial charge in [-0.3, -0.25) is 4.79 Å². The van der Waals surface area contributed by atoms with Crippen LogP contribution in [0.25, 0.3) is 10.9 Å². The second-order valence-corrected chi connectivity index (χ2v) is 10.9. The third-order valence-corrected chi connectivity index (χ3v) is 8.07. The number of aryl methyl sites for hydroxylation is 1. The molecule has 0 spiro atoms. The highest BCUT2D eigenvalue weighted by molar-refractivity contribution is 7.89. The van der Waals surface area contributed by atoms with Gasteiger partial charge in [0.15, 0.2) is 0 Å². The molecule has 8 heteroatoms. The molecule has 1 amide bonds. The van der Waals surface area contributed by atoms with Gasteiger partial charge in [0.1, 0.15) is 5.69 Å². The molecule has 0 bridgehead atoms. The number of nitrogens with zero attached hydrogens (tertiary/aromatic N) is 1. The zero-order valence-corrected chi connectivity index (χ0v) is 18.7. The molecule has 0 aliphatic carbocycles. The number of sulfonamides is 1. The third kappa shape index (κ3) is 4.13. The van der Waals surface area contributed by atoms with Crippen molar-refractivity contribution < 1.29 is 17.9 Å². The lowest BCUT2D eigenvalue weighted by molar-refractivity contribution is 0.0854. The fourth-order valence-corrected chi connectivity index (χ4v) is 6.45. The highest BCUT2D eigenvalue weighted by atomic mass is 32.2. The summed E-state index contributed by atoms with van der Waals surface area (Å²) in [6.07, 6.45) is 3.11. The van der Waals surface area contributed by atoms with E-state index >= 15 is 0 Å². The number of benzene rings is 1. The van der Waals surface area contributed by atoms with Crippen LogP contribution in [-0.2, 0) is 14.8 Å². The van der Waals surface area contributed by atoms with Crippen molar-refractivity contribution in [3.8, 4) is 0 Å². The van der Waals surface area contributed by atoms with Gasteiger partial charge in [-0.15, -0.1) is 0 Å². The topological polar surface area (TPSA) is 91.5 Å². The molecule has 2 aliphatic heterocycles. The molecule has 2 aromatic rings. The largest absolute Gasteiger partial charge is 0.376 e. The maximum Gasteiger partial charge on any atom is 0.268 e. The molecule has 2 fully saturated rings. The number of fused-ring (bicyclic) bond motifs is 1. The number of aromatic nitrogens is 1. The number of carbonyl (C=O) groups is 1. The van der Waals surface area contributed by atoms with Crippen LogP contribution >= 0.6 is 0 Å². The summed E-state index contributed by atoms with van der Waals surface area (Å²) in [5, 5.41) is 3.69.